The first-order valence-corrected chi connectivity index (χ1v) is 12.0. The van der Waals surface area contributed by atoms with Crippen molar-refractivity contribution in [3.05, 3.63) is 42.2 Å². The predicted octanol–water partition coefficient (Wildman–Crippen LogP) is -0.135. The molecule has 0 spiro atoms. The molecule has 1 fully saturated rings. The van der Waals surface area contributed by atoms with E-state index in [-0.39, 0.29) is 0 Å². The molecular formula is C21H28N7O4S+. The van der Waals surface area contributed by atoms with Crippen LogP contribution < -0.4 is 25.5 Å². The van der Waals surface area contributed by atoms with Crippen molar-refractivity contribution >= 4 is 32.2 Å². The molecule has 1 aromatic heterocycles. The van der Waals surface area contributed by atoms with Gasteiger partial charge in [0.1, 0.15) is 5.75 Å². The zero-order valence-corrected chi connectivity index (χ0v) is 19.4. The van der Waals surface area contributed by atoms with Crippen molar-refractivity contribution in [2.45, 2.75) is 18.9 Å². The Bertz CT molecular complexity index is 1280. The van der Waals surface area contributed by atoms with Gasteiger partial charge in [-0.1, -0.05) is 10.4 Å². The van der Waals surface area contributed by atoms with E-state index in [0.717, 1.165) is 29.5 Å². The van der Waals surface area contributed by atoms with E-state index in [2.05, 4.69) is 24.5 Å². The van der Waals surface area contributed by atoms with Gasteiger partial charge in [-0.2, -0.15) is 0 Å². The van der Waals surface area contributed by atoms with Gasteiger partial charge in [0.15, 0.2) is 12.5 Å². The van der Waals surface area contributed by atoms with Crippen molar-refractivity contribution in [3.63, 3.8) is 0 Å². The van der Waals surface area contributed by atoms with E-state index in [4.69, 9.17) is 15.3 Å². The van der Waals surface area contributed by atoms with Gasteiger partial charge in [-0.25, -0.2) is 14.0 Å². The largest absolute Gasteiger partial charge is 0.497 e. The smallest absolute Gasteiger partial charge is 0.281 e. The van der Waals surface area contributed by atoms with Crippen LogP contribution in [0.4, 0.5) is 11.5 Å². The van der Waals surface area contributed by atoms with Crippen molar-refractivity contribution in [2.24, 2.45) is 11.7 Å². The number of anilines is 2. The fraction of sp³-hybridized carbons (Fsp3) is 0.429. The molecule has 176 valence electrons. The van der Waals surface area contributed by atoms with Crippen LogP contribution in [0.5, 0.6) is 5.75 Å². The van der Waals surface area contributed by atoms with E-state index in [9.17, 15) is 9.00 Å². The molecule has 0 amide bonds. The van der Waals surface area contributed by atoms with E-state index in [1.165, 1.54) is 6.33 Å². The number of hydrogen-bond donors (Lipinski definition) is 3. The fourth-order valence-corrected chi connectivity index (χ4v) is 4.99. The zero-order chi connectivity index (χ0) is 23.6. The summed E-state index contributed by atoms with van der Waals surface area (Å²) in [5.74, 6) is 0.677. The lowest BCUT2D eigenvalue weighted by Crippen LogP contribution is -2.52. The van der Waals surface area contributed by atoms with Crippen LogP contribution in [0, 0.1) is 16.9 Å². The second-order valence-corrected chi connectivity index (χ2v) is 9.77. The summed E-state index contributed by atoms with van der Waals surface area (Å²) >= 11 is 0. The SMILES string of the molecule is COc1cccc(Nc2ncn[n+]3c2=C(CN2CC[C@H](N)[C@H](C(=O)S(=N)(=O)OC)C2)CC=3)c1. The maximum Gasteiger partial charge on any atom is 0.281 e. The number of nitrogens with zero attached hydrogens (tertiary/aromatic N) is 4. The first kappa shape index (κ1) is 23.2. The van der Waals surface area contributed by atoms with Crippen molar-refractivity contribution in [1.29, 1.82) is 4.78 Å². The Kier molecular flexibility index (Phi) is 6.70. The van der Waals surface area contributed by atoms with Gasteiger partial charge in [0.05, 0.1) is 26.6 Å². The number of nitrogens with two attached hydrogens (primary N) is 1. The van der Waals surface area contributed by atoms with Crippen LogP contribution >= 0.6 is 0 Å². The maximum absolute atomic E-state index is 12.6. The van der Waals surface area contributed by atoms with Crippen LogP contribution in [0.25, 0.3) is 5.57 Å². The van der Waals surface area contributed by atoms with Crippen molar-refractivity contribution in [3.8, 4) is 5.75 Å². The second-order valence-electron chi connectivity index (χ2n) is 8.03. The lowest BCUT2D eigenvalue weighted by atomic mass is 9.93. The van der Waals surface area contributed by atoms with Crippen molar-refractivity contribution in [1.82, 2.24) is 15.0 Å². The number of rotatable bonds is 7. The molecular weight excluding hydrogens is 446 g/mol. The highest BCUT2D eigenvalue weighted by molar-refractivity contribution is 8.02. The Morgan fingerprint density at radius 2 is 2.24 bits per heavy atom. The number of likely N-dealkylation sites (tertiary alicyclic amines) is 1. The number of hydrogen-bond acceptors (Lipinski definition) is 10. The third kappa shape index (κ3) is 4.88. The Morgan fingerprint density at radius 3 is 3.00 bits per heavy atom. The summed E-state index contributed by atoms with van der Waals surface area (Å²) in [4.78, 5) is 19.1. The zero-order valence-electron chi connectivity index (χ0n) is 18.6. The van der Waals surface area contributed by atoms with Crippen molar-refractivity contribution in [2.75, 3.05) is 39.2 Å². The third-order valence-electron chi connectivity index (χ3n) is 5.96. The Morgan fingerprint density at radius 1 is 1.42 bits per heavy atom. The number of carbonyl (C=O) groups excluding carboxylic acids is 1. The Hall–Kier alpha value is -2.93. The van der Waals surface area contributed by atoms with E-state index in [1.807, 2.05) is 30.5 Å². The molecule has 0 saturated carbocycles. The average molecular weight is 475 g/mol. The summed E-state index contributed by atoms with van der Waals surface area (Å²) in [5.41, 5.74) is 8.06. The molecule has 2 aromatic rings. The van der Waals surface area contributed by atoms with Gasteiger partial charge in [-0.05, 0) is 18.6 Å². The third-order valence-corrected chi connectivity index (χ3v) is 7.26. The number of carbonyl (C=O) groups is 1. The van der Waals surface area contributed by atoms with Gasteiger partial charge >= 0.3 is 0 Å². The van der Waals surface area contributed by atoms with E-state index < -0.39 is 27.1 Å². The molecule has 33 heavy (non-hydrogen) atoms. The highest BCUT2D eigenvalue weighted by atomic mass is 32.2. The number of piperidine rings is 1. The minimum atomic E-state index is -3.78. The molecule has 1 unspecified atom stereocenters. The first-order valence-electron chi connectivity index (χ1n) is 10.5. The molecule has 4 N–H and O–H groups in total. The summed E-state index contributed by atoms with van der Waals surface area (Å²) < 4.78 is 31.6. The van der Waals surface area contributed by atoms with Gasteiger partial charge < -0.3 is 15.8 Å². The molecule has 11 nitrogen and oxygen atoms in total. The lowest BCUT2D eigenvalue weighted by Gasteiger charge is -2.35. The fourth-order valence-electron chi connectivity index (χ4n) is 4.18. The van der Waals surface area contributed by atoms with Gasteiger partial charge in [0.25, 0.3) is 10.5 Å². The predicted molar refractivity (Wildman–Crippen MR) is 121 cm³/mol. The molecule has 4 rings (SSSR count). The van der Waals surface area contributed by atoms with Crippen LogP contribution in [0.2, 0.25) is 0 Å². The summed E-state index contributed by atoms with van der Waals surface area (Å²) in [6.07, 6.45) is 4.71. The normalized spacial score (nSPS) is 22.2. The number of nitrogens with one attached hydrogen (secondary N) is 2. The second kappa shape index (κ2) is 9.51. The lowest BCUT2D eigenvalue weighted by molar-refractivity contribution is -0.589. The minimum absolute atomic E-state index is 0.315. The summed E-state index contributed by atoms with van der Waals surface area (Å²) in [6.45, 7) is 1.57. The monoisotopic (exact) mass is 474 g/mol. The van der Waals surface area contributed by atoms with Crippen molar-refractivity contribution < 1.29 is 22.3 Å². The summed E-state index contributed by atoms with van der Waals surface area (Å²) in [7, 11) is -1.06. The quantitative estimate of drug-likeness (QED) is 0.466. The summed E-state index contributed by atoms with van der Waals surface area (Å²) in [6, 6.07) is 7.12. The number of methoxy groups -OCH3 is 1. The van der Waals surface area contributed by atoms with Crippen LogP contribution in [0.15, 0.2) is 30.6 Å². The van der Waals surface area contributed by atoms with Gasteiger partial charge in [0, 0.05) is 48.1 Å². The van der Waals surface area contributed by atoms with Gasteiger partial charge in [-0.3, -0.25) is 13.9 Å². The molecule has 2 aliphatic heterocycles. The molecule has 3 atom stereocenters. The number of benzene rings is 1. The number of ether oxygens (including phenoxy) is 1. The highest BCUT2D eigenvalue weighted by Crippen LogP contribution is 2.22. The Balaban J connectivity index is 1.60. The van der Waals surface area contributed by atoms with E-state index >= 15 is 0 Å². The molecule has 0 bridgehead atoms. The maximum atomic E-state index is 12.6. The van der Waals surface area contributed by atoms with Crippen LogP contribution in [0.3, 0.4) is 0 Å². The molecule has 3 heterocycles. The van der Waals surface area contributed by atoms with Gasteiger partial charge in [0.2, 0.25) is 15.8 Å². The average Bonchev–Trinajstić information content (AvgIpc) is 3.23. The molecule has 0 aliphatic carbocycles. The molecule has 2 aliphatic rings. The molecule has 1 aromatic carbocycles. The first-order chi connectivity index (χ1) is 15.8. The van der Waals surface area contributed by atoms with Crippen LogP contribution in [-0.2, 0) is 19.0 Å². The standard InChI is InChI=1S/C21H28N7O4S/c1-31-16-5-3-4-15(10-16)26-20-19-14(6-9-28(19)25-13-24-20)11-27-8-7-18(22)17(12-27)21(29)33(23,30)32-2/h3-5,9-10,13,17-18,23H,6-8,11-12,22H2,1-2H3,(H,24,25,26)/q+1/t17-,18+,33?/m1/s1. The van der Waals surface area contributed by atoms with Crippen LogP contribution in [-0.4, -0.2) is 64.2 Å². The summed E-state index contributed by atoms with van der Waals surface area (Å²) in [5, 5.41) is 7.79. The van der Waals surface area contributed by atoms with E-state index in [0.29, 0.717) is 38.3 Å². The topological polar surface area (TPSA) is 149 Å². The number of fused-ring (bicyclic) bond motifs is 1. The number of aromatic nitrogens is 3. The molecule has 0 radical (unpaired) electrons. The Labute approximate surface area is 192 Å². The van der Waals surface area contributed by atoms with Gasteiger partial charge in [-0.15, -0.1) is 0 Å². The molecule has 1 saturated heterocycles. The molecule has 12 heteroatoms. The highest BCUT2D eigenvalue weighted by Gasteiger charge is 2.37. The minimum Gasteiger partial charge on any atom is -0.497 e. The van der Waals surface area contributed by atoms with E-state index in [1.54, 1.807) is 11.5 Å². The van der Waals surface area contributed by atoms with Crippen LogP contribution in [0.1, 0.15) is 12.8 Å².